The van der Waals surface area contributed by atoms with Crippen molar-refractivity contribution < 1.29 is 14.3 Å². The number of nitrogens with one attached hydrogen (secondary N) is 1. The summed E-state index contributed by atoms with van der Waals surface area (Å²) >= 11 is 0. The van der Waals surface area contributed by atoms with Crippen LogP contribution in [0.15, 0.2) is 36.4 Å². The van der Waals surface area contributed by atoms with E-state index in [9.17, 15) is 4.79 Å². The smallest absolute Gasteiger partial charge is 0.257 e. The van der Waals surface area contributed by atoms with Gasteiger partial charge in [-0.05, 0) is 56.5 Å². The van der Waals surface area contributed by atoms with Crippen LogP contribution in [0.5, 0.6) is 11.5 Å². The van der Waals surface area contributed by atoms with Crippen molar-refractivity contribution in [3.8, 4) is 11.5 Å². The van der Waals surface area contributed by atoms with Gasteiger partial charge in [-0.15, -0.1) is 0 Å². The Hall–Kier alpha value is -2.89. The van der Waals surface area contributed by atoms with Gasteiger partial charge in [0, 0.05) is 12.2 Å². The number of carbonyl (C=O) groups excluding carboxylic acids is 1. The highest BCUT2D eigenvalue weighted by Gasteiger charge is 2.39. The Labute approximate surface area is 179 Å². The molecule has 2 aromatic rings. The molecule has 6 heteroatoms. The monoisotopic (exact) mass is 411 g/mol. The number of hydrogen-bond acceptors (Lipinski definition) is 5. The normalized spacial score (nSPS) is 14.8. The predicted molar refractivity (Wildman–Crippen MR) is 121 cm³/mol. The highest BCUT2D eigenvalue weighted by atomic mass is 16.5. The molecule has 0 spiro atoms. The number of unbranched alkanes of at least 4 members (excludes halogenated alkanes) is 2. The quantitative estimate of drug-likeness (QED) is 0.462. The third-order valence-electron chi connectivity index (χ3n) is 5.52. The second-order valence-corrected chi connectivity index (χ2v) is 8.21. The van der Waals surface area contributed by atoms with E-state index in [1.807, 2.05) is 55.1 Å². The van der Waals surface area contributed by atoms with Gasteiger partial charge in [0.05, 0.1) is 25.0 Å². The van der Waals surface area contributed by atoms with Crippen LogP contribution in [0, 0.1) is 0 Å². The molecule has 3 N–H and O–H groups in total. The van der Waals surface area contributed by atoms with Gasteiger partial charge in [0.2, 0.25) is 0 Å². The number of methoxy groups -OCH3 is 1. The maximum Gasteiger partial charge on any atom is 0.257 e. The van der Waals surface area contributed by atoms with Crippen LogP contribution in [-0.2, 0) is 6.42 Å². The van der Waals surface area contributed by atoms with E-state index >= 15 is 0 Å². The third kappa shape index (κ3) is 4.64. The van der Waals surface area contributed by atoms with E-state index in [1.165, 1.54) is 0 Å². The van der Waals surface area contributed by atoms with E-state index in [1.54, 1.807) is 7.11 Å². The molecular formula is C24H33N3O3. The minimum absolute atomic E-state index is 0.00902. The standard InChI is InChI=1S/C24H33N3O3/c1-5-6-7-16-30-22-20(29-4)13-12-19-21(22)26-24(2,3)27(23(19)28)15-14-17-8-10-18(25)11-9-17/h8-13,26H,5-7,14-16,25H2,1-4H3. The zero-order chi connectivity index (χ0) is 21.7. The molecule has 3 rings (SSSR count). The van der Waals surface area contributed by atoms with Crippen molar-refractivity contribution in [3.63, 3.8) is 0 Å². The summed E-state index contributed by atoms with van der Waals surface area (Å²) in [6, 6.07) is 11.4. The first-order valence-electron chi connectivity index (χ1n) is 10.7. The van der Waals surface area contributed by atoms with Gasteiger partial charge in [-0.3, -0.25) is 4.79 Å². The molecule has 0 aliphatic carbocycles. The maximum absolute atomic E-state index is 13.4. The molecule has 1 aliphatic heterocycles. The Kier molecular flexibility index (Phi) is 6.75. The summed E-state index contributed by atoms with van der Waals surface area (Å²) in [7, 11) is 1.62. The zero-order valence-corrected chi connectivity index (χ0v) is 18.5. The first-order valence-corrected chi connectivity index (χ1v) is 10.7. The third-order valence-corrected chi connectivity index (χ3v) is 5.52. The summed E-state index contributed by atoms with van der Waals surface area (Å²) in [5, 5.41) is 3.53. The van der Waals surface area contributed by atoms with Crippen molar-refractivity contribution in [1.29, 1.82) is 0 Å². The largest absolute Gasteiger partial charge is 0.493 e. The molecule has 30 heavy (non-hydrogen) atoms. The number of nitrogen functional groups attached to an aromatic ring is 1. The van der Waals surface area contributed by atoms with Gasteiger partial charge >= 0.3 is 0 Å². The molecule has 0 unspecified atom stereocenters. The van der Waals surface area contributed by atoms with Crippen LogP contribution in [-0.4, -0.2) is 36.7 Å². The SMILES string of the molecule is CCCCCOc1c(OC)ccc2c1NC(C)(C)N(CCc1ccc(N)cc1)C2=O. The molecule has 1 amide bonds. The van der Waals surface area contributed by atoms with Crippen LogP contribution in [0.3, 0.4) is 0 Å². The van der Waals surface area contributed by atoms with E-state index in [-0.39, 0.29) is 5.91 Å². The lowest BCUT2D eigenvalue weighted by Gasteiger charge is -2.44. The molecule has 0 saturated heterocycles. The van der Waals surface area contributed by atoms with Crippen molar-refractivity contribution in [1.82, 2.24) is 4.90 Å². The number of carbonyl (C=O) groups is 1. The van der Waals surface area contributed by atoms with Gasteiger partial charge < -0.3 is 25.4 Å². The molecule has 0 fully saturated rings. The Morgan fingerprint density at radius 2 is 1.83 bits per heavy atom. The molecule has 162 valence electrons. The summed E-state index contributed by atoms with van der Waals surface area (Å²) in [4.78, 5) is 15.3. The van der Waals surface area contributed by atoms with Crippen LogP contribution in [0.25, 0.3) is 0 Å². The first kappa shape index (κ1) is 21.8. The van der Waals surface area contributed by atoms with E-state index < -0.39 is 5.66 Å². The average molecular weight is 412 g/mol. The Bertz CT molecular complexity index is 878. The van der Waals surface area contributed by atoms with Crippen LogP contribution in [0.4, 0.5) is 11.4 Å². The fraction of sp³-hybridized carbons (Fsp3) is 0.458. The summed E-state index contributed by atoms with van der Waals surface area (Å²) in [5.41, 5.74) is 8.42. The van der Waals surface area contributed by atoms with Crippen molar-refractivity contribution in [2.45, 2.75) is 52.1 Å². The van der Waals surface area contributed by atoms with Crippen LogP contribution in [0.2, 0.25) is 0 Å². The number of nitrogens with two attached hydrogens (primary N) is 1. The number of ether oxygens (including phenoxy) is 2. The fourth-order valence-electron chi connectivity index (χ4n) is 3.78. The van der Waals surface area contributed by atoms with Gasteiger partial charge in [-0.1, -0.05) is 31.9 Å². The molecular weight excluding hydrogens is 378 g/mol. The number of hydrogen-bond donors (Lipinski definition) is 2. The van der Waals surface area contributed by atoms with Crippen molar-refractivity contribution in [3.05, 3.63) is 47.5 Å². The number of rotatable bonds is 9. The van der Waals surface area contributed by atoms with Crippen LogP contribution in [0.1, 0.15) is 56.0 Å². The number of nitrogens with zero attached hydrogens (tertiary/aromatic N) is 1. The molecule has 0 aromatic heterocycles. The molecule has 0 atom stereocenters. The molecule has 1 heterocycles. The topological polar surface area (TPSA) is 76.8 Å². The summed E-state index contributed by atoms with van der Waals surface area (Å²) < 4.78 is 11.6. The molecule has 0 radical (unpaired) electrons. The van der Waals surface area contributed by atoms with Crippen LogP contribution < -0.4 is 20.5 Å². The predicted octanol–water partition coefficient (Wildman–Crippen LogP) is 4.69. The van der Waals surface area contributed by atoms with Crippen molar-refractivity contribution >= 4 is 17.3 Å². The zero-order valence-electron chi connectivity index (χ0n) is 18.5. The van der Waals surface area contributed by atoms with Gasteiger partial charge in [-0.2, -0.15) is 0 Å². The summed E-state index contributed by atoms with van der Waals surface area (Å²) in [6.45, 7) is 7.37. The van der Waals surface area contributed by atoms with E-state index in [0.29, 0.717) is 35.9 Å². The lowest BCUT2D eigenvalue weighted by Crippen LogP contribution is -2.56. The summed E-state index contributed by atoms with van der Waals surface area (Å²) in [5.74, 6) is 1.24. The van der Waals surface area contributed by atoms with Gasteiger partial charge in [-0.25, -0.2) is 0 Å². The average Bonchev–Trinajstić information content (AvgIpc) is 2.72. The van der Waals surface area contributed by atoms with Crippen LogP contribution >= 0.6 is 0 Å². The van der Waals surface area contributed by atoms with E-state index in [2.05, 4.69) is 12.2 Å². The Morgan fingerprint density at radius 3 is 2.50 bits per heavy atom. The van der Waals surface area contributed by atoms with E-state index in [4.69, 9.17) is 15.2 Å². The molecule has 6 nitrogen and oxygen atoms in total. The Morgan fingerprint density at radius 1 is 1.10 bits per heavy atom. The molecule has 0 saturated carbocycles. The van der Waals surface area contributed by atoms with Crippen molar-refractivity contribution in [2.24, 2.45) is 0 Å². The molecule has 0 bridgehead atoms. The Balaban J connectivity index is 1.84. The fourth-order valence-corrected chi connectivity index (χ4v) is 3.78. The minimum Gasteiger partial charge on any atom is -0.493 e. The highest BCUT2D eigenvalue weighted by Crippen LogP contribution is 2.43. The summed E-state index contributed by atoms with van der Waals surface area (Å²) in [6.07, 6.45) is 3.95. The molecule has 2 aromatic carbocycles. The maximum atomic E-state index is 13.4. The van der Waals surface area contributed by atoms with Gasteiger partial charge in [0.1, 0.15) is 5.66 Å². The van der Waals surface area contributed by atoms with Gasteiger partial charge in [0.15, 0.2) is 11.5 Å². The molecule has 1 aliphatic rings. The number of benzene rings is 2. The number of anilines is 2. The lowest BCUT2D eigenvalue weighted by molar-refractivity contribution is 0.0577. The van der Waals surface area contributed by atoms with Crippen molar-refractivity contribution in [2.75, 3.05) is 31.3 Å². The second-order valence-electron chi connectivity index (χ2n) is 8.21. The lowest BCUT2D eigenvalue weighted by atomic mass is 9.99. The second kappa shape index (κ2) is 9.28. The number of amides is 1. The van der Waals surface area contributed by atoms with Gasteiger partial charge in [0.25, 0.3) is 5.91 Å². The number of fused-ring (bicyclic) bond motifs is 1. The minimum atomic E-state index is -0.564. The van der Waals surface area contributed by atoms with E-state index in [0.717, 1.165) is 36.9 Å². The first-order chi connectivity index (χ1) is 14.4. The highest BCUT2D eigenvalue weighted by molar-refractivity contribution is 6.04.